The van der Waals surface area contributed by atoms with Gasteiger partial charge in [-0.25, -0.2) is 21.6 Å². The molecule has 1 atom stereocenters. The lowest BCUT2D eigenvalue weighted by atomic mass is 9.70. The van der Waals surface area contributed by atoms with Gasteiger partial charge in [-0.1, -0.05) is 25.3 Å². The van der Waals surface area contributed by atoms with E-state index in [0.29, 0.717) is 18.8 Å². The minimum Gasteiger partial charge on any atom is -0.372 e. The van der Waals surface area contributed by atoms with E-state index in [1.807, 2.05) is 19.9 Å². The van der Waals surface area contributed by atoms with E-state index < -0.39 is 25.6 Å². The lowest BCUT2D eigenvalue weighted by Gasteiger charge is -2.44. The summed E-state index contributed by atoms with van der Waals surface area (Å²) < 4.78 is 60.5. The van der Waals surface area contributed by atoms with E-state index in [1.165, 1.54) is 12.1 Å². The number of fused-ring (bicyclic) bond motifs is 2. The molecule has 2 N–H and O–H groups in total. The highest BCUT2D eigenvalue weighted by atomic mass is 32.2. The molecule has 3 aliphatic rings. The molecule has 0 aromatic heterocycles. The van der Waals surface area contributed by atoms with Gasteiger partial charge in [0.25, 0.3) is 5.91 Å². The van der Waals surface area contributed by atoms with E-state index in [-0.39, 0.29) is 27.8 Å². The second-order valence-electron chi connectivity index (χ2n) is 11.0. The molecule has 1 saturated heterocycles. The number of carbonyl (C=O) groups excluding carboxylic acids is 1. The van der Waals surface area contributed by atoms with Crippen molar-refractivity contribution in [1.82, 2.24) is 4.72 Å². The van der Waals surface area contributed by atoms with Gasteiger partial charge in [0.1, 0.15) is 0 Å². The lowest BCUT2D eigenvalue weighted by molar-refractivity contribution is -0.146. The fourth-order valence-corrected chi connectivity index (χ4v) is 7.62. The van der Waals surface area contributed by atoms with Crippen molar-refractivity contribution in [3.63, 3.8) is 0 Å². The third-order valence-electron chi connectivity index (χ3n) is 7.83. The maximum absolute atomic E-state index is 13.8. The number of sulfonamides is 2. The number of carbonyl (C=O) groups is 1. The highest BCUT2D eigenvalue weighted by Gasteiger charge is 2.46. The number of nitrogens with one attached hydrogen (secondary N) is 2. The largest absolute Gasteiger partial charge is 0.372 e. The first-order valence-electron chi connectivity index (χ1n) is 12.5. The average molecular weight is 548 g/mol. The quantitative estimate of drug-likeness (QED) is 0.572. The normalized spacial score (nSPS) is 22.4. The topological polar surface area (TPSA) is 122 Å². The molecule has 1 saturated carbocycles. The number of ether oxygens (including phenoxy) is 1. The van der Waals surface area contributed by atoms with Crippen LogP contribution in [0.4, 0.5) is 11.4 Å². The summed E-state index contributed by atoms with van der Waals surface area (Å²) in [7, 11) is -7.29. The summed E-state index contributed by atoms with van der Waals surface area (Å²) in [6, 6.07) is 11.1. The van der Waals surface area contributed by atoms with Gasteiger partial charge in [-0.05, 0) is 68.7 Å². The first-order chi connectivity index (χ1) is 17.3. The first kappa shape index (κ1) is 26.1. The van der Waals surface area contributed by atoms with Gasteiger partial charge in [0, 0.05) is 28.9 Å². The number of benzene rings is 2. The average Bonchev–Trinajstić information content (AvgIpc) is 3.14. The smallest absolute Gasteiger partial charge is 0.258 e. The van der Waals surface area contributed by atoms with E-state index in [9.17, 15) is 21.6 Å². The van der Waals surface area contributed by atoms with Gasteiger partial charge < -0.3 is 9.64 Å². The molecule has 1 unspecified atom stereocenters. The molecular weight excluding hydrogens is 514 g/mol. The third-order valence-corrected chi connectivity index (χ3v) is 9.90. The molecule has 11 heteroatoms. The first-order valence-corrected chi connectivity index (χ1v) is 15.9. The molecule has 2 heterocycles. The molecule has 2 aromatic rings. The molecule has 1 amide bonds. The van der Waals surface area contributed by atoms with E-state index >= 15 is 0 Å². The van der Waals surface area contributed by atoms with E-state index in [4.69, 9.17) is 4.74 Å². The fraction of sp³-hybridized carbons (Fsp3) is 0.500. The van der Waals surface area contributed by atoms with Crippen LogP contribution in [0.15, 0.2) is 47.4 Å². The third kappa shape index (κ3) is 5.01. The van der Waals surface area contributed by atoms with Crippen molar-refractivity contribution >= 4 is 37.3 Å². The SMILES string of the molecule is CC1(C)OCC1NS(=O)(=O)c1cccc(C(=O)N2CC3(CCCCC3)c3cc(NS(C)(=O)=O)ccc32)c1. The van der Waals surface area contributed by atoms with Gasteiger partial charge in [-0.3, -0.25) is 9.52 Å². The van der Waals surface area contributed by atoms with Gasteiger partial charge in [0.05, 0.1) is 29.4 Å². The van der Waals surface area contributed by atoms with Gasteiger partial charge in [-0.15, -0.1) is 0 Å². The van der Waals surface area contributed by atoms with Crippen molar-refractivity contribution in [2.45, 2.75) is 67.9 Å². The number of nitrogens with zero attached hydrogens (tertiary/aromatic N) is 1. The van der Waals surface area contributed by atoms with Crippen molar-refractivity contribution in [3.05, 3.63) is 53.6 Å². The van der Waals surface area contributed by atoms with Crippen LogP contribution < -0.4 is 14.3 Å². The summed E-state index contributed by atoms with van der Waals surface area (Å²) in [6.45, 7) is 4.43. The number of rotatable bonds is 6. The Balaban J connectivity index is 1.47. The molecule has 0 bridgehead atoms. The van der Waals surface area contributed by atoms with Gasteiger partial charge in [0.15, 0.2) is 0 Å². The van der Waals surface area contributed by atoms with Crippen molar-refractivity contribution in [2.75, 3.05) is 29.0 Å². The summed E-state index contributed by atoms with van der Waals surface area (Å²) in [4.78, 5) is 15.5. The maximum atomic E-state index is 13.8. The molecule has 2 aromatic carbocycles. The number of hydrogen-bond donors (Lipinski definition) is 2. The summed E-state index contributed by atoms with van der Waals surface area (Å²) in [5.41, 5.74) is 1.63. The maximum Gasteiger partial charge on any atom is 0.258 e. The number of anilines is 2. The standard InChI is InChI=1S/C26H33N3O6S2/c1-25(2)23(16-35-25)28-37(33,34)20-9-7-8-18(14-20)24(30)29-17-26(12-5-4-6-13-26)21-15-19(10-11-22(21)29)27-36(3,31)32/h7-11,14-15,23,27-28H,4-6,12-13,16-17H2,1-3H3. The zero-order chi connectivity index (χ0) is 26.6. The van der Waals surface area contributed by atoms with Gasteiger partial charge in [0.2, 0.25) is 20.0 Å². The monoisotopic (exact) mass is 547 g/mol. The highest BCUT2D eigenvalue weighted by molar-refractivity contribution is 7.92. The minimum atomic E-state index is -3.85. The Bertz CT molecular complexity index is 1450. The molecule has 9 nitrogen and oxygen atoms in total. The zero-order valence-electron chi connectivity index (χ0n) is 21.3. The molecule has 1 spiro atoms. The summed E-state index contributed by atoms with van der Waals surface area (Å²) in [5.74, 6) is -0.281. The van der Waals surface area contributed by atoms with Gasteiger partial charge >= 0.3 is 0 Å². The van der Waals surface area contributed by atoms with Crippen LogP contribution in [0.3, 0.4) is 0 Å². The molecule has 5 rings (SSSR count). The van der Waals surface area contributed by atoms with Crippen LogP contribution in [0.25, 0.3) is 0 Å². The minimum absolute atomic E-state index is 0.0283. The van der Waals surface area contributed by atoms with Crippen LogP contribution in [0, 0.1) is 0 Å². The molecule has 1 aliphatic carbocycles. The zero-order valence-corrected chi connectivity index (χ0v) is 22.9. The molecule has 200 valence electrons. The molecule has 2 fully saturated rings. The predicted octanol–water partition coefficient (Wildman–Crippen LogP) is 3.38. The second-order valence-corrected chi connectivity index (χ2v) is 14.4. The van der Waals surface area contributed by atoms with Crippen LogP contribution in [0.5, 0.6) is 0 Å². The summed E-state index contributed by atoms with van der Waals surface area (Å²) in [6.07, 6.45) is 6.12. The number of amides is 1. The fourth-order valence-electron chi connectivity index (χ4n) is 5.67. The molecule has 2 aliphatic heterocycles. The van der Waals surface area contributed by atoms with E-state index in [1.54, 1.807) is 29.2 Å². The van der Waals surface area contributed by atoms with Crippen LogP contribution >= 0.6 is 0 Å². The second kappa shape index (κ2) is 9.07. The molecule has 0 radical (unpaired) electrons. The Labute approximate surface area is 218 Å². The van der Waals surface area contributed by atoms with Crippen LogP contribution in [-0.4, -0.2) is 53.8 Å². The Morgan fingerprint density at radius 2 is 1.76 bits per heavy atom. The van der Waals surface area contributed by atoms with Crippen LogP contribution in [-0.2, 0) is 30.2 Å². The van der Waals surface area contributed by atoms with Crippen LogP contribution in [0.1, 0.15) is 61.9 Å². The van der Waals surface area contributed by atoms with Crippen molar-refractivity contribution < 1.29 is 26.4 Å². The van der Waals surface area contributed by atoms with E-state index in [2.05, 4.69) is 9.44 Å². The molecule has 37 heavy (non-hydrogen) atoms. The summed E-state index contributed by atoms with van der Waals surface area (Å²) in [5, 5.41) is 0. The van der Waals surface area contributed by atoms with Crippen molar-refractivity contribution in [2.24, 2.45) is 0 Å². The van der Waals surface area contributed by atoms with E-state index in [0.717, 1.165) is 49.6 Å². The predicted molar refractivity (Wildman–Crippen MR) is 142 cm³/mol. The van der Waals surface area contributed by atoms with Crippen LogP contribution in [0.2, 0.25) is 0 Å². The Morgan fingerprint density at radius 3 is 2.38 bits per heavy atom. The lowest BCUT2D eigenvalue weighted by Crippen LogP contribution is -2.62. The highest BCUT2D eigenvalue weighted by Crippen LogP contribution is 2.50. The molecular formula is C26H33N3O6S2. The van der Waals surface area contributed by atoms with Gasteiger partial charge in [-0.2, -0.15) is 0 Å². The Hall–Kier alpha value is -2.47. The van der Waals surface area contributed by atoms with Crippen molar-refractivity contribution in [3.8, 4) is 0 Å². The Morgan fingerprint density at radius 1 is 1.03 bits per heavy atom. The number of hydrogen-bond acceptors (Lipinski definition) is 6. The Kier molecular flexibility index (Phi) is 6.41. The van der Waals surface area contributed by atoms with Crippen molar-refractivity contribution in [1.29, 1.82) is 0 Å². The summed E-state index contributed by atoms with van der Waals surface area (Å²) >= 11 is 0.